The molecule has 1 aromatic rings. The molecule has 0 heterocycles. The fraction of sp³-hybridized carbons (Fsp3) is 0.533. The highest BCUT2D eigenvalue weighted by Crippen LogP contribution is 2.32. The minimum absolute atomic E-state index is 0.0436. The van der Waals surface area contributed by atoms with Crippen molar-refractivity contribution in [2.24, 2.45) is 11.3 Å². The minimum Gasteiger partial charge on any atom is -0.323 e. The maximum absolute atomic E-state index is 13.5. The Kier molecular flexibility index (Phi) is 5.51. The molecule has 112 valence electrons. The average Bonchev–Trinajstić information content (AvgIpc) is 2.31. The summed E-state index contributed by atoms with van der Waals surface area (Å²) in [7, 11) is 0. The summed E-state index contributed by atoms with van der Waals surface area (Å²) in [5.41, 5.74) is -0.898. The number of rotatable bonds is 5. The summed E-state index contributed by atoms with van der Waals surface area (Å²) in [6.45, 7) is 7.46. The lowest BCUT2D eigenvalue weighted by Gasteiger charge is -2.29. The molecular weight excluding hydrogens is 284 g/mol. The molecule has 0 fully saturated rings. The molecule has 0 radical (unpaired) electrons. The molecule has 1 rings (SSSR count). The second-order valence-electron chi connectivity index (χ2n) is 5.90. The van der Waals surface area contributed by atoms with Gasteiger partial charge in [-0.1, -0.05) is 13.8 Å². The molecule has 0 spiro atoms. The van der Waals surface area contributed by atoms with E-state index < -0.39 is 17.0 Å². The first kappa shape index (κ1) is 16.9. The van der Waals surface area contributed by atoms with E-state index >= 15 is 0 Å². The average molecular weight is 304 g/mol. The minimum atomic E-state index is -0.855. The molecule has 1 amide bonds. The Morgan fingerprint density at radius 1 is 1.35 bits per heavy atom. The molecule has 0 aromatic heterocycles. The smallest absolute Gasteiger partial charge is 0.231 e. The summed E-state index contributed by atoms with van der Waals surface area (Å²) in [5.74, 6) is -1.52. The predicted molar refractivity (Wildman–Crippen MR) is 77.9 cm³/mol. The zero-order chi connectivity index (χ0) is 15.5. The van der Waals surface area contributed by atoms with Crippen molar-refractivity contribution in [2.75, 3.05) is 5.32 Å². The molecule has 0 bridgehead atoms. The van der Waals surface area contributed by atoms with E-state index in [0.717, 1.165) is 12.1 Å². The Bertz CT molecular complexity index is 489. The van der Waals surface area contributed by atoms with Crippen molar-refractivity contribution in [1.29, 1.82) is 0 Å². The Morgan fingerprint density at radius 2 is 1.95 bits per heavy atom. The zero-order valence-corrected chi connectivity index (χ0v) is 12.9. The summed E-state index contributed by atoms with van der Waals surface area (Å²) < 4.78 is 26.3. The highest BCUT2D eigenvalue weighted by atomic mass is 35.5. The number of benzene rings is 1. The van der Waals surface area contributed by atoms with Crippen LogP contribution in [0.5, 0.6) is 0 Å². The van der Waals surface area contributed by atoms with Crippen LogP contribution in [0.1, 0.15) is 34.1 Å². The lowest BCUT2D eigenvalue weighted by atomic mass is 9.83. The van der Waals surface area contributed by atoms with Gasteiger partial charge in [0.05, 0.1) is 11.1 Å². The number of carbonyl (C=O) groups is 1. The first-order chi connectivity index (χ1) is 9.14. The van der Waals surface area contributed by atoms with Gasteiger partial charge in [-0.15, -0.1) is 11.6 Å². The predicted octanol–water partition coefficient (Wildman–Crippen LogP) is 4.58. The van der Waals surface area contributed by atoms with Gasteiger partial charge in [0.15, 0.2) is 0 Å². The van der Waals surface area contributed by atoms with E-state index in [9.17, 15) is 13.6 Å². The van der Waals surface area contributed by atoms with Crippen molar-refractivity contribution in [3.8, 4) is 0 Å². The van der Waals surface area contributed by atoms with E-state index in [2.05, 4.69) is 5.32 Å². The second-order valence-corrected chi connectivity index (χ2v) is 6.42. The molecular formula is C15H20ClF2NO. The topological polar surface area (TPSA) is 29.1 Å². The number of carbonyl (C=O) groups excluding carboxylic acids is 1. The van der Waals surface area contributed by atoms with Crippen LogP contribution >= 0.6 is 11.6 Å². The van der Waals surface area contributed by atoms with Gasteiger partial charge in [0, 0.05) is 11.4 Å². The van der Waals surface area contributed by atoms with E-state index in [-0.39, 0.29) is 17.0 Å². The lowest BCUT2D eigenvalue weighted by Crippen LogP contribution is -2.39. The van der Waals surface area contributed by atoms with Gasteiger partial charge in [0.2, 0.25) is 5.91 Å². The summed E-state index contributed by atoms with van der Waals surface area (Å²) in [5, 5.41) is 2.10. The monoisotopic (exact) mass is 303 g/mol. The third kappa shape index (κ3) is 4.17. The van der Waals surface area contributed by atoms with Crippen LogP contribution in [0.15, 0.2) is 18.2 Å². The van der Waals surface area contributed by atoms with Crippen molar-refractivity contribution < 1.29 is 13.6 Å². The summed E-state index contributed by atoms with van der Waals surface area (Å²) >= 11 is 6.28. The molecule has 0 aliphatic rings. The number of hydrogen-bond donors (Lipinski definition) is 1. The summed E-state index contributed by atoms with van der Waals surface area (Å²) in [6.07, 6.45) is 0.674. The van der Waals surface area contributed by atoms with Gasteiger partial charge >= 0.3 is 0 Å². The Morgan fingerprint density at radius 3 is 2.45 bits per heavy atom. The number of alkyl halides is 1. The molecule has 20 heavy (non-hydrogen) atoms. The van der Waals surface area contributed by atoms with Crippen molar-refractivity contribution in [2.45, 2.75) is 39.5 Å². The van der Waals surface area contributed by atoms with E-state index in [1.807, 2.05) is 13.8 Å². The third-order valence-corrected chi connectivity index (χ3v) is 3.95. The quantitative estimate of drug-likeness (QED) is 0.792. The molecule has 1 aromatic carbocycles. The van der Waals surface area contributed by atoms with E-state index in [1.54, 1.807) is 13.8 Å². The maximum Gasteiger partial charge on any atom is 0.231 e. The van der Waals surface area contributed by atoms with Crippen LogP contribution in [0.4, 0.5) is 14.5 Å². The van der Waals surface area contributed by atoms with Crippen LogP contribution in [0.3, 0.4) is 0 Å². The highest BCUT2D eigenvalue weighted by Gasteiger charge is 2.36. The van der Waals surface area contributed by atoms with Crippen LogP contribution in [0.25, 0.3) is 0 Å². The third-order valence-electron chi connectivity index (χ3n) is 3.23. The fourth-order valence-corrected chi connectivity index (χ4v) is 2.18. The molecule has 0 saturated heterocycles. The van der Waals surface area contributed by atoms with Gasteiger partial charge in [-0.3, -0.25) is 4.79 Å². The fourth-order valence-electron chi connectivity index (χ4n) is 1.72. The molecule has 0 aliphatic carbocycles. The molecule has 0 saturated carbocycles. The van der Waals surface area contributed by atoms with Crippen LogP contribution in [-0.4, -0.2) is 11.3 Å². The maximum atomic E-state index is 13.5. The van der Waals surface area contributed by atoms with Gasteiger partial charge in [0.25, 0.3) is 0 Å². The van der Waals surface area contributed by atoms with Crippen molar-refractivity contribution in [3.05, 3.63) is 29.8 Å². The first-order valence-electron chi connectivity index (χ1n) is 6.55. The second kappa shape index (κ2) is 6.53. The normalized spacial score (nSPS) is 13.4. The Balaban J connectivity index is 2.83. The highest BCUT2D eigenvalue weighted by molar-refractivity contribution is 6.23. The molecule has 1 N–H and O–H groups in total. The van der Waals surface area contributed by atoms with Crippen LogP contribution in [-0.2, 0) is 4.79 Å². The molecule has 1 atom stereocenters. The van der Waals surface area contributed by atoms with E-state index in [4.69, 9.17) is 11.6 Å². The standard InChI is InChI=1S/C15H20ClF2NO/c1-9(2)7-13(16)15(3,4)14(20)19-12-6-5-10(17)8-11(12)18/h5-6,8-9,13H,7H2,1-4H3,(H,19,20). The van der Waals surface area contributed by atoms with Gasteiger partial charge in [-0.25, -0.2) is 8.78 Å². The number of nitrogens with one attached hydrogen (secondary N) is 1. The van der Waals surface area contributed by atoms with Gasteiger partial charge in [-0.2, -0.15) is 0 Å². The molecule has 1 unspecified atom stereocenters. The number of hydrogen-bond acceptors (Lipinski definition) is 1. The Hall–Kier alpha value is -1.16. The SMILES string of the molecule is CC(C)CC(Cl)C(C)(C)C(=O)Nc1ccc(F)cc1F. The van der Waals surface area contributed by atoms with Gasteiger partial charge in [0.1, 0.15) is 11.6 Å². The van der Waals surface area contributed by atoms with E-state index in [0.29, 0.717) is 12.3 Å². The number of anilines is 1. The Labute approximate surface area is 123 Å². The van der Waals surface area contributed by atoms with Crippen LogP contribution in [0.2, 0.25) is 0 Å². The van der Waals surface area contributed by atoms with Gasteiger partial charge < -0.3 is 5.32 Å². The van der Waals surface area contributed by atoms with Crippen LogP contribution in [0, 0.1) is 23.0 Å². The largest absolute Gasteiger partial charge is 0.323 e. The lowest BCUT2D eigenvalue weighted by molar-refractivity contribution is -0.124. The van der Waals surface area contributed by atoms with Crippen molar-refractivity contribution >= 4 is 23.2 Å². The molecule has 2 nitrogen and oxygen atoms in total. The number of halogens is 3. The van der Waals surface area contributed by atoms with Gasteiger partial charge in [-0.05, 0) is 38.3 Å². The summed E-state index contributed by atoms with van der Waals surface area (Å²) in [4.78, 5) is 12.2. The molecule has 5 heteroatoms. The van der Waals surface area contributed by atoms with Crippen molar-refractivity contribution in [3.63, 3.8) is 0 Å². The summed E-state index contributed by atoms with van der Waals surface area (Å²) in [6, 6.07) is 3.03. The number of amides is 1. The van der Waals surface area contributed by atoms with E-state index in [1.165, 1.54) is 6.07 Å². The molecule has 0 aliphatic heterocycles. The zero-order valence-electron chi connectivity index (χ0n) is 12.1. The first-order valence-corrected chi connectivity index (χ1v) is 6.98. The van der Waals surface area contributed by atoms with Crippen LogP contribution < -0.4 is 5.32 Å². The van der Waals surface area contributed by atoms with Crippen molar-refractivity contribution in [1.82, 2.24) is 0 Å².